The Labute approximate surface area is 78.9 Å². The first-order valence-electron chi connectivity index (χ1n) is 4.21. The Morgan fingerprint density at radius 1 is 1.31 bits per heavy atom. The monoisotopic (exact) mass is 208 g/mol. The predicted octanol–water partition coefficient (Wildman–Crippen LogP) is 0.920. The lowest BCUT2D eigenvalue weighted by Crippen LogP contribution is -2.21. The molecular weight excluding hydrogens is 192 g/mol. The van der Waals surface area contributed by atoms with Crippen LogP contribution in [0.3, 0.4) is 0 Å². The third kappa shape index (κ3) is 4.26. The summed E-state index contributed by atoms with van der Waals surface area (Å²) in [5.41, 5.74) is 0. The molecule has 0 aromatic rings. The van der Waals surface area contributed by atoms with Gasteiger partial charge in [-0.15, -0.1) is 0 Å². The van der Waals surface area contributed by atoms with Gasteiger partial charge in [-0.25, -0.2) is 8.42 Å². The van der Waals surface area contributed by atoms with E-state index in [1.807, 2.05) is 0 Å². The summed E-state index contributed by atoms with van der Waals surface area (Å²) < 4.78 is 22.5. The molecule has 78 valence electrons. The summed E-state index contributed by atoms with van der Waals surface area (Å²) in [6.07, 6.45) is 0.190. The van der Waals surface area contributed by atoms with Crippen LogP contribution < -0.4 is 0 Å². The van der Waals surface area contributed by atoms with E-state index in [4.69, 9.17) is 5.11 Å². The summed E-state index contributed by atoms with van der Waals surface area (Å²) in [5.74, 6) is -1.58. The van der Waals surface area contributed by atoms with Crippen LogP contribution in [0.4, 0.5) is 0 Å². The second-order valence-electron chi connectivity index (χ2n) is 3.44. The number of rotatable bonds is 5. The first kappa shape index (κ1) is 12.4. The van der Waals surface area contributed by atoms with Crippen molar-refractivity contribution in [2.24, 2.45) is 5.92 Å². The average molecular weight is 208 g/mol. The van der Waals surface area contributed by atoms with Crippen molar-refractivity contribution in [3.05, 3.63) is 0 Å². The Bertz CT molecular complexity index is 266. The van der Waals surface area contributed by atoms with Crippen LogP contribution in [0.25, 0.3) is 0 Å². The molecule has 1 N–H and O–H groups in total. The summed E-state index contributed by atoms with van der Waals surface area (Å²) >= 11 is 0. The van der Waals surface area contributed by atoms with Gasteiger partial charge < -0.3 is 5.11 Å². The maximum atomic E-state index is 11.3. The lowest BCUT2D eigenvalue weighted by molar-refractivity contribution is -0.141. The SMILES string of the molecule is CC(CCS(=O)(=O)C(C)C)C(=O)O. The topological polar surface area (TPSA) is 71.4 Å². The molecule has 0 radical (unpaired) electrons. The highest BCUT2D eigenvalue weighted by Crippen LogP contribution is 2.08. The zero-order chi connectivity index (χ0) is 10.6. The van der Waals surface area contributed by atoms with Crippen molar-refractivity contribution in [3.8, 4) is 0 Å². The van der Waals surface area contributed by atoms with E-state index < -0.39 is 27.0 Å². The second-order valence-corrected chi connectivity index (χ2v) is 6.12. The highest BCUT2D eigenvalue weighted by molar-refractivity contribution is 7.91. The van der Waals surface area contributed by atoms with Gasteiger partial charge in [0.2, 0.25) is 0 Å². The smallest absolute Gasteiger partial charge is 0.306 e. The number of carboxylic acid groups (broad SMARTS) is 1. The summed E-state index contributed by atoms with van der Waals surface area (Å²) in [5, 5.41) is 8.10. The third-order valence-electron chi connectivity index (χ3n) is 1.98. The number of sulfone groups is 1. The minimum atomic E-state index is -3.09. The molecule has 0 amide bonds. The van der Waals surface area contributed by atoms with E-state index >= 15 is 0 Å². The maximum absolute atomic E-state index is 11.3. The Balaban J connectivity index is 4.11. The van der Waals surface area contributed by atoms with Crippen molar-refractivity contribution in [1.29, 1.82) is 0 Å². The molecule has 1 unspecified atom stereocenters. The summed E-state index contributed by atoms with van der Waals surface area (Å²) in [6.45, 7) is 4.71. The fourth-order valence-electron chi connectivity index (χ4n) is 0.700. The molecule has 0 heterocycles. The largest absolute Gasteiger partial charge is 0.481 e. The summed E-state index contributed by atoms with van der Waals surface area (Å²) in [4.78, 5) is 10.4. The predicted molar refractivity (Wildman–Crippen MR) is 50.3 cm³/mol. The van der Waals surface area contributed by atoms with Gasteiger partial charge in [0.15, 0.2) is 9.84 Å². The molecule has 0 fully saturated rings. The fourth-order valence-corrected chi connectivity index (χ4v) is 1.85. The van der Waals surface area contributed by atoms with Crippen molar-refractivity contribution in [2.75, 3.05) is 5.75 Å². The third-order valence-corrected chi connectivity index (χ3v) is 4.22. The molecule has 4 nitrogen and oxygen atoms in total. The number of hydrogen-bond acceptors (Lipinski definition) is 3. The molecule has 1 atom stereocenters. The summed E-state index contributed by atoms with van der Waals surface area (Å²) in [7, 11) is -3.09. The molecule has 0 rings (SSSR count). The van der Waals surface area contributed by atoms with Gasteiger partial charge in [-0.2, -0.15) is 0 Å². The molecule has 0 aliphatic heterocycles. The molecule has 0 aliphatic carbocycles. The van der Waals surface area contributed by atoms with E-state index in [-0.39, 0.29) is 12.2 Å². The molecule has 0 spiro atoms. The fraction of sp³-hybridized carbons (Fsp3) is 0.875. The Hall–Kier alpha value is -0.580. The van der Waals surface area contributed by atoms with E-state index in [1.165, 1.54) is 6.92 Å². The molecule has 0 aromatic carbocycles. The lowest BCUT2D eigenvalue weighted by atomic mass is 10.1. The normalized spacial score (nSPS) is 14.5. The van der Waals surface area contributed by atoms with Gasteiger partial charge in [0.05, 0.1) is 16.9 Å². The second kappa shape index (κ2) is 4.60. The maximum Gasteiger partial charge on any atom is 0.306 e. The average Bonchev–Trinajstić information content (AvgIpc) is 1.99. The van der Waals surface area contributed by atoms with Gasteiger partial charge in [0.1, 0.15) is 0 Å². The lowest BCUT2D eigenvalue weighted by Gasteiger charge is -2.09. The first-order valence-corrected chi connectivity index (χ1v) is 5.93. The number of hydrogen-bond donors (Lipinski definition) is 1. The highest BCUT2D eigenvalue weighted by atomic mass is 32.2. The zero-order valence-electron chi connectivity index (χ0n) is 8.15. The van der Waals surface area contributed by atoms with Crippen LogP contribution >= 0.6 is 0 Å². The van der Waals surface area contributed by atoms with Crippen LogP contribution in [0.2, 0.25) is 0 Å². The van der Waals surface area contributed by atoms with Crippen LogP contribution in [-0.2, 0) is 14.6 Å². The minimum Gasteiger partial charge on any atom is -0.481 e. The van der Waals surface area contributed by atoms with Crippen LogP contribution in [0.15, 0.2) is 0 Å². The van der Waals surface area contributed by atoms with E-state index in [0.717, 1.165) is 0 Å². The quantitative estimate of drug-likeness (QED) is 0.729. The molecular formula is C8H16O4S. The Morgan fingerprint density at radius 3 is 2.08 bits per heavy atom. The number of carboxylic acids is 1. The van der Waals surface area contributed by atoms with Crippen molar-refractivity contribution in [1.82, 2.24) is 0 Å². The van der Waals surface area contributed by atoms with Crippen molar-refractivity contribution in [2.45, 2.75) is 32.4 Å². The van der Waals surface area contributed by atoms with Gasteiger partial charge in [-0.1, -0.05) is 6.92 Å². The van der Waals surface area contributed by atoms with Crippen molar-refractivity contribution >= 4 is 15.8 Å². The molecule has 0 bridgehead atoms. The van der Waals surface area contributed by atoms with E-state index in [2.05, 4.69) is 0 Å². The Morgan fingerprint density at radius 2 is 1.77 bits per heavy atom. The molecule has 0 aromatic heterocycles. The van der Waals surface area contributed by atoms with E-state index in [0.29, 0.717) is 0 Å². The van der Waals surface area contributed by atoms with Crippen LogP contribution in [0.5, 0.6) is 0 Å². The number of carbonyl (C=O) groups is 1. The van der Waals surface area contributed by atoms with Crippen LogP contribution in [0.1, 0.15) is 27.2 Å². The van der Waals surface area contributed by atoms with Gasteiger partial charge in [0, 0.05) is 0 Å². The molecule has 13 heavy (non-hydrogen) atoms. The van der Waals surface area contributed by atoms with Crippen molar-refractivity contribution in [3.63, 3.8) is 0 Å². The van der Waals surface area contributed by atoms with E-state index in [9.17, 15) is 13.2 Å². The molecule has 5 heteroatoms. The van der Waals surface area contributed by atoms with Gasteiger partial charge >= 0.3 is 5.97 Å². The van der Waals surface area contributed by atoms with Gasteiger partial charge in [0.25, 0.3) is 0 Å². The van der Waals surface area contributed by atoms with Crippen molar-refractivity contribution < 1.29 is 18.3 Å². The summed E-state index contributed by atoms with van der Waals surface area (Å²) in [6, 6.07) is 0. The van der Waals surface area contributed by atoms with Gasteiger partial charge in [-0.3, -0.25) is 4.79 Å². The molecule has 0 saturated heterocycles. The standard InChI is InChI=1S/C8H16O4S/c1-6(2)13(11,12)5-4-7(3)8(9)10/h6-7H,4-5H2,1-3H3,(H,9,10). The molecule has 0 saturated carbocycles. The van der Waals surface area contributed by atoms with Crippen LogP contribution in [0, 0.1) is 5.92 Å². The number of aliphatic carboxylic acids is 1. The van der Waals surface area contributed by atoms with Crippen LogP contribution in [-0.4, -0.2) is 30.5 Å². The zero-order valence-corrected chi connectivity index (χ0v) is 8.97. The minimum absolute atomic E-state index is 0.0435. The van der Waals surface area contributed by atoms with Gasteiger partial charge in [-0.05, 0) is 20.3 Å². The highest BCUT2D eigenvalue weighted by Gasteiger charge is 2.19. The molecule has 0 aliphatic rings. The van der Waals surface area contributed by atoms with E-state index in [1.54, 1.807) is 13.8 Å². The Kier molecular flexibility index (Phi) is 4.39. The first-order chi connectivity index (χ1) is 5.77.